The number of likely N-dealkylation sites (tertiary alicyclic amines) is 1. The number of amides is 3. The maximum atomic E-state index is 12.3. The number of hydrogen-bond donors (Lipinski definition) is 1. The molecule has 0 unspecified atom stereocenters. The van der Waals surface area contributed by atoms with E-state index in [9.17, 15) is 14.4 Å². The molecule has 0 radical (unpaired) electrons. The van der Waals surface area contributed by atoms with E-state index in [1.165, 1.54) is 4.90 Å². The third kappa shape index (κ3) is 4.48. The van der Waals surface area contributed by atoms with Crippen molar-refractivity contribution in [3.63, 3.8) is 0 Å². The number of thioether (sulfide) groups is 1. The molecule has 0 aromatic heterocycles. The molecule has 1 aliphatic heterocycles. The van der Waals surface area contributed by atoms with Crippen molar-refractivity contribution in [3.05, 3.63) is 41.4 Å². The summed E-state index contributed by atoms with van der Waals surface area (Å²) in [6.45, 7) is 0.698. The van der Waals surface area contributed by atoms with Crippen LogP contribution in [0, 0.1) is 11.8 Å². The number of imide groups is 1. The van der Waals surface area contributed by atoms with Gasteiger partial charge in [-0.3, -0.25) is 19.3 Å². The van der Waals surface area contributed by atoms with Crippen molar-refractivity contribution in [2.45, 2.75) is 24.2 Å². The zero-order valence-corrected chi connectivity index (χ0v) is 15.9. The molecule has 3 amide bonds. The second-order valence-corrected chi connectivity index (χ2v) is 7.99. The number of hydrogen-bond acceptors (Lipinski definition) is 4. The van der Waals surface area contributed by atoms with Crippen LogP contribution < -0.4 is 5.32 Å². The average molecular weight is 393 g/mol. The minimum Gasteiger partial charge on any atom is -0.355 e. The summed E-state index contributed by atoms with van der Waals surface area (Å²) in [4.78, 5) is 39.0. The van der Waals surface area contributed by atoms with Gasteiger partial charge >= 0.3 is 0 Å². The van der Waals surface area contributed by atoms with Crippen LogP contribution >= 0.6 is 23.4 Å². The number of fused-ring (bicyclic) bond motifs is 1. The summed E-state index contributed by atoms with van der Waals surface area (Å²) in [5.41, 5.74) is 0. The van der Waals surface area contributed by atoms with E-state index in [2.05, 4.69) is 5.32 Å². The van der Waals surface area contributed by atoms with Crippen LogP contribution in [0.3, 0.4) is 0 Å². The minimum atomic E-state index is -0.230. The van der Waals surface area contributed by atoms with Crippen molar-refractivity contribution in [2.24, 2.45) is 11.8 Å². The summed E-state index contributed by atoms with van der Waals surface area (Å²) in [5.74, 6) is -0.121. The maximum absolute atomic E-state index is 12.3. The number of nitrogens with zero attached hydrogens (tertiary/aromatic N) is 1. The molecule has 1 heterocycles. The van der Waals surface area contributed by atoms with Crippen molar-refractivity contribution < 1.29 is 14.4 Å². The number of halogens is 1. The largest absolute Gasteiger partial charge is 0.355 e. The Labute approximate surface area is 162 Å². The lowest BCUT2D eigenvalue weighted by atomic mass is 9.85. The molecule has 138 valence electrons. The molecule has 7 heteroatoms. The van der Waals surface area contributed by atoms with Gasteiger partial charge in [0, 0.05) is 35.2 Å². The molecule has 0 saturated carbocycles. The average Bonchev–Trinajstić information content (AvgIpc) is 2.89. The normalized spacial score (nSPS) is 21.8. The highest BCUT2D eigenvalue weighted by Gasteiger charge is 2.46. The quantitative estimate of drug-likeness (QED) is 0.335. The van der Waals surface area contributed by atoms with E-state index in [0.29, 0.717) is 24.4 Å². The Bertz CT molecular complexity index is 694. The lowest BCUT2D eigenvalue weighted by Gasteiger charge is -2.14. The highest BCUT2D eigenvalue weighted by molar-refractivity contribution is 7.99. The third-order valence-electron chi connectivity index (χ3n) is 4.67. The molecule has 1 fully saturated rings. The van der Waals surface area contributed by atoms with E-state index in [4.69, 9.17) is 11.6 Å². The summed E-state index contributed by atoms with van der Waals surface area (Å²) >= 11 is 7.47. The van der Waals surface area contributed by atoms with Gasteiger partial charge in [0.2, 0.25) is 17.7 Å². The maximum Gasteiger partial charge on any atom is 0.233 e. The van der Waals surface area contributed by atoms with Crippen molar-refractivity contribution in [1.29, 1.82) is 0 Å². The number of rotatable bonds is 7. The first-order valence-corrected chi connectivity index (χ1v) is 10.1. The molecule has 2 aliphatic rings. The molecule has 1 aromatic carbocycles. The SMILES string of the molecule is O=C(CCN1C(=O)[C@H]2CC=CC[C@H]2C1=O)NCCSc1ccc(Cl)cc1. The van der Waals surface area contributed by atoms with Crippen molar-refractivity contribution >= 4 is 41.1 Å². The van der Waals surface area contributed by atoms with E-state index in [0.717, 1.165) is 10.6 Å². The van der Waals surface area contributed by atoms with Crippen LogP contribution in [-0.2, 0) is 14.4 Å². The fourth-order valence-corrected chi connectivity index (χ4v) is 4.18. The zero-order chi connectivity index (χ0) is 18.5. The molecule has 1 aliphatic carbocycles. The van der Waals surface area contributed by atoms with Crippen LogP contribution in [0.2, 0.25) is 5.02 Å². The zero-order valence-electron chi connectivity index (χ0n) is 14.3. The Hall–Kier alpha value is -1.79. The van der Waals surface area contributed by atoms with Crippen LogP contribution in [0.4, 0.5) is 0 Å². The van der Waals surface area contributed by atoms with Gasteiger partial charge < -0.3 is 5.32 Å². The first-order valence-electron chi connectivity index (χ1n) is 8.71. The van der Waals surface area contributed by atoms with Gasteiger partial charge in [0.1, 0.15) is 0 Å². The van der Waals surface area contributed by atoms with E-state index in [1.54, 1.807) is 11.8 Å². The van der Waals surface area contributed by atoms with E-state index >= 15 is 0 Å². The second kappa shape index (κ2) is 8.73. The summed E-state index contributed by atoms with van der Waals surface area (Å²) in [6.07, 6.45) is 5.32. The fraction of sp³-hybridized carbons (Fsp3) is 0.421. The van der Waals surface area contributed by atoms with E-state index < -0.39 is 0 Å². The van der Waals surface area contributed by atoms with Gasteiger partial charge in [-0.25, -0.2) is 0 Å². The van der Waals surface area contributed by atoms with Gasteiger partial charge in [0.15, 0.2) is 0 Å². The topological polar surface area (TPSA) is 66.5 Å². The van der Waals surface area contributed by atoms with Crippen molar-refractivity contribution in [3.8, 4) is 0 Å². The Balaban J connectivity index is 1.37. The molecule has 3 rings (SSSR count). The summed E-state index contributed by atoms with van der Waals surface area (Å²) < 4.78 is 0. The highest BCUT2D eigenvalue weighted by Crippen LogP contribution is 2.34. The first-order chi connectivity index (χ1) is 12.6. The Kier molecular flexibility index (Phi) is 6.38. The minimum absolute atomic E-state index is 0.129. The van der Waals surface area contributed by atoms with Gasteiger partial charge in [0.05, 0.1) is 11.8 Å². The van der Waals surface area contributed by atoms with Crippen LogP contribution in [-0.4, -0.2) is 41.5 Å². The fourth-order valence-electron chi connectivity index (χ4n) is 3.28. The van der Waals surface area contributed by atoms with Gasteiger partial charge in [0.25, 0.3) is 0 Å². The van der Waals surface area contributed by atoms with Gasteiger partial charge in [-0.15, -0.1) is 11.8 Å². The number of allylic oxidation sites excluding steroid dienone is 2. The van der Waals surface area contributed by atoms with Crippen LogP contribution in [0.5, 0.6) is 0 Å². The lowest BCUT2D eigenvalue weighted by molar-refractivity contribution is -0.140. The second-order valence-electron chi connectivity index (χ2n) is 6.39. The molecule has 26 heavy (non-hydrogen) atoms. The third-order valence-corrected chi connectivity index (χ3v) is 5.93. The number of carbonyl (C=O) groups is 3. The predicted molar refractivity (Wildman–Crippen MR) is 102 cm³/mol. The summed E-state index contributed by atoms with van der Waals surface area (Å²) in [7, 11) is 0. The van der Waals surface area contributed by atoms with E-state index in [-0.39, 0.29) is 42.5 Å². The molecule has 1 saturated heterocycles. The number of carbonyl (C=O) groups excluding carboxylic acids is 3. The van der Waals surface area contributed by atoms with Crippen molar-refractivity contribution in [1.82, 2.24) is 10.2 Å². The predicted octanol–water partition coefficient (Wildman–Crippen LogP) is 2.89. The standard InChI is InChI=1S/C19H21ClN2O3S/c20-13-5-7-14(8-6-13)26-12-10-21-17(23)9-11-22-18(24)15-3-1-2-4-16(15)19(22)25/h1-2,5-8,15-16H,3-4,9-12H2,(H,21,23)/t15-,16+. The Morgan fingerprint density at radius 1 is 1.12 bits per heavy atom. The number of benzene rings is 1. The molecular formula is C19H21ClN2O3S. The molecule has 0 bridgehead atoms. The van der Waals surface area contributed by atoms with Crippen molar-refractivity contribution in [2.75, 3.05) is 18.8 Å². The first kappa shape index (κ1) is 19.0. The monoisotopic (exact) mass is 392 g/mol. The summed E-state index contributed by atoms with van der Waals surface area (Å²) in [6, 6.07) is 7.54. The van der Waals surface area contributed by atoms with Gasteiger partial charge in [-0.2, -0.15) is 0 Å². The number of nitrogens with one attached hydrogen (secondary N) is 1. The Morgan fingerprint density at radius 3 is 2.35 bits per heavy atom. The molecule has 0 spiro atoms. The van der Waals surface area contributed by atoms with Gasteiger partial charge in [-0.05, 0) is 37.1 Å². The highest BCUT2D eigenvalue weighted by atomic mass is 35.5. The molecular weight excluding hydrogens is 372 g/mol. The smallest absolute Gasteiger partial charge is 0.233 e. The molecule has 2 atom stereocenters. The lowest BCUT2D eigenvalue weighted by Crippen LogP contribution is -2.36. The van der Waals surface area contributed by atoms with E-state index in [1.807, 2.05) is 36.4 Å². The van der Waals surface area contributed by atoms with Crippen LogP contribution in [0.25, 0.3) is 0 Å². The van der Waals surface area contributed by atoms with Crippen LogP contribution in [0.15, 0.2) is 41.3 Å². The van der Waals surface area contributed by atoms with Gasteiger partial charge in [-0.1, -0.05) is 23.8 Å². The summed E-state index contributed by atoms with van der Waals surface area (Å²) in [5, 5.41) is 3.53. The molecule has 1 N–H and O–H groups in total. The Morgan fingerprint density at radius 2 is 1.73 bits per heavy atom. The van der Waals surface area contributed by atoms with Crippen LogP contribution in [0.1, 0.15) is 19.3 Å². The molecule has 5 nitrogen and oxygen atoms in total. The molecule has 1 aromatic rings.